The molecule has 1 aliphatic rings. The first-order valence-corrected chi connectivity index (χ1v) is 8.19. The van der Waals surface area contributed by atoms with E-state index in [-0.39, 0.29) is 0 Å². The van der Waals surface area contributed by atoms with Crippen LogP contribution >= 0.6 is 0 Å². The van der Waals surface area contributed by atoms with E-state index in [1.165, 1.54) is 37.7 Å². The van der Waals surface area contributed by atoms with Gasteiger partial charge in [0.1, 0.15) is 0 Å². The zero-order valence-corrected chi connectivity index (χ0v) is 13.0. The van der Waals surface area contributed by atoms with Crippen LogP contribution in [0.15, 0.2) is 30.3 Å². The van der Waals surface area contributed by atoms with E-state index in [9.17, 15) is 0 Å². The van der Waals surface area contributed by atoms with Crippen molar-refractivity contribution in [3.63, 3.8) is 0 Å². The summed E-state index contributed by atoms with van der Waals surface area (Å²) in [6.07, 6.45) is 6.48. The molecule has 0 aliphatic carbocycles. The van der Waals surface area contributed by atoms with Gasteiger partial charge in [-0.2, -0.15) is 0 Å². The Bertz CT molecular complexity index is 363. The van der Waals surface area contributed by atoms with E-state index >= 15 is 0 Å². The van der Waals surface area contributed by atoms with Crippen molar-refractivity contribution in [3.8, 4) is 0 Å². The van der Waals surface area contributed by atoms with Crippen molar-refractivity contribution in [2.24, 2.45) is 0 Å². The smallest absolute Gasteiger partial charge is 0.0589 e. The molecule has 0 radical (unpaired) electrons. The topological polar surface area (TPSA) is 21.3 Å². The van der Waals surface area contributed by atoms with Gasteiger partial charge < -0.3 is 10.1 Å². The Morgan fingerprint density at radius 1 is 1.30 bits per heavy atom. The molecule has 0 bridgehead atoms. The maximum Gasteiger partial charge on any atom is 0.0589 e. The molecular formula is C18H29NO. The van der Waals surface area contributed by atoms with Gasteiger partial charge in [-0.3, -0.25) is 0 Å². The minimum absolute atomic E-state index is 0.484. The van der Waals surface area contributed by atoms with Crippen LogP contribution in [0.3, 0.4) is 0 Å². The Balaban J connectivity index is 1.67. The maximum atomic E-state index is 5.81. The molecule has 2 rings (SSSR count). The second kappa shape index (κ2) is 8.43. The van der Waals surface area contributed by atoms with Crippen molar-refractivity contribution in [3.05, 3.63) is 35.9 Å². The van der Waals surface area contributed by atoms with Gasteiger partial charge in [0.05, 0.1) is 6.10 Å². The largest absolute Gasteiger partial charge is 0.378 e. The molecule has 1 N–H and O–H groups in total. The minimum atomic E-state index is 0.484. The van der Waals surface area contributed by atoms with Crippen LogP contribution in [0.25, 0.3) is 0 Å². The fourth-order valence-corrected chi connectivity index (χ4v) is 3.04. The van der Waals surface area contributed by atoms with Crippen LogP contribution in [0.2, 0.25) is 0 Å². The molecule has 1 aromatic carbocycles. The third-order valence-electron chi connectivity index (χ3n) is 4.36. The maximum absolute atomic E-state index is 5.81. The van der Waals surface area contributed by atoms with Gasteiger partial charge in [0.15, 0.2) is 0 Å². The van der Waals surface area contributed by atoms with Crippen LogP contribution in [-0.2, 0) is 4.74 Å². The highest BCUT2D eigenvalue weighted by atomic mass is 16.5. The Morgan fingerprint density at radius 3 is 2.85 bits per heavy atom. The van der Waals surface area contributed by atoms with Crippen LogP contribution < -0.4 is 5.32 Å². The lowest BCUT2D eigenvalue weighted by atomic mass is 9.96. The van der Waals surface area contributed by atoms with Crippen LogP contribution in [0.5, 0.6) is 0 Å². The summed E-state index contributed by atoms with van der Waals surface area (Å²) in [5.41, 5.74) is 1.45. The van der Waals surface area contributed by atoms with Crippen molar-refractivity contribution >= 4 is 0 Å². The highest BCUT2D eigenvalue weighted by molar-refractivity contribution is 5.18. The Labute approximate surface area is 123 Å². The fourth-order valence-electron chi connectivity index (χ4n) is 3.04. The highest BCUT2D eigenvalue weighted by Gasteiger charge is 2.21. The SMILES string of the molecule is CCCC1CC(NCCC(C)c2ccccc2)CCO1. The minimum Gasteiger partial charge on any atom is -0.378 e. The average Bonchev–Trinajstić information content (AvgIpc) is 2.49. The summed E-state index contributed by atoms with van der Waals surface area (Å²) in [4.78, 5) is 0. The van der Waals surface area contributed by atoms with Gasteiger partial charge in [0, 0.05) is 12.6 Å². The molecule has 0 saturated carbocycles. The van der Waals surface area contributed by atoms with E-state index in [2.05, 4.69) is 49.5 Å². The fraction of sp³-hybridized carbons (Fsp3) is 0.667. The second-order valence-electron chi connectivity index (χ2n) is 6.06. The van der Waals surface area contributed by atoms with Crippen LogP contribution in [-0.4, -0.2) is 25.3 Å². The molecule has 3 atom stereocenters. The van der Waals surface area contributed by atoms with Crippen molar-refractivity contribution < 1.29 is 4.74 Å². The normalized spacial score (nSPS) is 24.5. The number of ether oxygens (including phenoxy) is 1. The van der Waals surface area contributed by atoms with Crippen molar-refractivity contribution in [1.29, 1.82) is 0 Å². The van der Waals surface area contributed by atoms with Crippen molar-refractivity contribution in [1.82, 2.24) is 5.32 Å². The summed E-state index contributed by atoms with van der Waals surface area (Å²) in [7, 11) is 0. The van der Waals surface area contributed by atoms with Gasteiger partial charge in [0.2, 0.25) is 0 Å². The molecule has 1 heterocycles. The van der Waals surface area contributed by atoms with Gasteiger partial charge >= 0.3 is 0 Å². The molecule has 1 aliphatic heterocycles. The number of hydrogen-bond donors (Lipinski definition) is 1. The predicted octanol–water partition coefficient (Wildman–Crippen LogP) is 4.12. The lowest BCUT2D eigenvalue weighted by molar-refractivity contribution is -0.00314. The summed E-state index contributed by atoms with van der Waals surface area (Å²) in [5.74, 6) is 0.634. The Kier molecular flexibility index (Phi) is 6.55. The first kappa shape index (κ1) is 15.5. The second-order valence-corrected chi connectivity index (χ2v) is 6.06. The third kappa shape index (κ3) is 4.92. The lowest BCUT2D eigenvalue weighted by Gasteiger charge is -2.30. The molecule has 2 heteroatoms. The van der Waals surface area contributed by atoms with Crippen molar-refractivity contribution in [2.75, 3.05) is 13.2 Å². The molecule has 0 aromatic heterocycles. The van der Waals surface area contributed by atoms with Gasteiger partial charge in [-0.25, -0.2) is 0 Å². The molecule has 1 fully saturated rings. The molecule has 20 heavy (non-hydrogen) atoms. The first-order valence-electron chi connectivity index (χ1n) is 8.19. The van der Waals surface area contributed by atoms with E-state index < -0.39 is 0 Å². The standard InChI is InChI=1S/C18H29NO/c1-3-7-18-14-17(11-13-20-18)19-12-10-15(2)16-8-5-4-6-9-16/h4-6,8-9,15,17-19H,3,7,10-14H2,1-2H3. The predicted molar refractivity (Wildman–Crippen MR) is 85.1 cm³/mol. The van der Waals surface area contributed by atoms with E-state index in [1.807, 2.05) is 0 Å². The Morgan fingerprint density at radius 2 is 2.10 bits per heavy atom. The summed E-state index contributed by atoms with van der Waals surface area (Å²) in [6, 6.07) is 11.5. The van der Waals surface area contributed by atoms with Crippen LogP contribution in [0.1, 0.15) is 57.4 Å². The van der Waals surface area contributed by atoms with Crippen LogP contribution in [0.4, 0.5) is 0 Å². The Hall–Kier alpha value is -0.860. The monoisotopic (exact) mass is 275 g/mol. The van der Waals surface area contributed by atoms with Gasteiger partial charge in [0.25, 0.3) is 0 Å². The third-order valence-corrected chi connectivity index (χ3v) is 4.36. The molecule has 0 amide bonds. The number of nitrogens with one attached hydrogen (secondary N) is 1. The van der Waals surface area contributed by atoms with E-state index in [4.69, 9.17) is 4.74 Å². The van der Waals surface area contributed by atoms with Gasteiger partial charge in [-0.05, 0) is 43.7 Å². The summed E-state index contributed by atoms with van der Waals surface area (Å²) in [6.45, 7) is 6.60. The van der Waals surface area contributed by atoms with Gasteiger partial charge in [-0.15, -0.1) is 0 Å². The quantitative estimate of drug-likeness (QED) is 0.808. The van der Waals surface area contributed by atoms with E-state index in [1.54, 1.807) is 0 Å². The lowest BCUT2D eigenvalue weighted by Crippen LogP contribution is -2.39. The van der Waals surface area contributed by atoms with E-state index in [0.717, 1.165) is 13.2 Å². The molecule has 0 spiro atoms. The van der Waals surface area contributed by atoms with E-state index in [0.29, 0.717) is 18.1 Å². The zero-order chi connectivity index (χ0) is 14.2. The number of rotatable bonds is 7. The molecule has 3 unspecified atom stereocenters. The molecule has 1 aromatic rings. The molecular weight excluding hydrogens is 246 g/mol. The number of benzene rings is 1. The first-order chi connectivity index (χ1) is 9.79. The summed E-state index contributed by atoms with van der Waals surface area (Å²) >= 11 is 0. The zero-order valence-electron chi connectivity index (χ0n) is 13.0. The van der Waals surface area contributed by atoms with Crippen molar-refractivity contribution in [2.45, 2.75) is 64.0 Å². The average molecular weight is 275 g/mol. The highest BCUT2D eigenvalue weighted by Crippen LogP contribution is 2.20. The van der Waals surface area contributed by atoms with Gasteiger partial charge in [-0.1, -0.05) is 50.6 Å². The molecule has 1 saturated heterocycles. The van der Waals surface area contributed by atoms with Crippen LogP contribution in [0, 0.1) is 0 Å². The molecule has 2 nitrogen and oxygen atoms in total. The number of hydrogen-bond acceptors (Lipinski definition) is 2. The summed E-state index contributed by atoms with van der Waals surface area (Å²) < 4.78 is 5.81. The molecule has 112 valence electrons. The summed E-state index contributed by atoms with van der Waals surface area (Å²) in [5, 5.41) is 3.73.